The van der Waals surface area contributed by atoms with E-state index in [4.69, 9.17) is 11.6 Å². The molecule has 1 fully saturated rings. The fraction of sp³-hybridized carbons (Fsp3) is 0.579. The van der Waals surface area contributed by atoms with Crippen LogP contribution in [0.25, 0.3) is 0 Å². The molecule has 0 unspecified atom stereocenters. The molecule has 0 bridgehead atoms. The van der Waals surface area contributed by atoms with Crippen LogP contribution in [0.15, 0.2) is 24.3 Å². The van der Waals surface area contributed by atoms with Gasteiger partial charge in [0.25, 0.3) is 0 Å². The minimum absolute atomic E-state index is 0.0266. The minimum Gasteiger partial charge on any atom is -0.352 e. The molecule has 24 heavy (non-hydrogen) atoms. The lowest BCUT2D eigenvalue weighted by Gasteiger charge is -2.31. The van der Waals surface area contributed by atoms with E-state index in [0.717, 1.165) is 18.4 Å². The average Bonchev–Trinajstić information content (AvgIpc) is 2.59. The van der Waals surface area contributed by atoms with Crippen LogP contribution in [0, 0.1) is 0 Å². The predicted molar refractivity (Wildman–Crippen MR) is 96.8 cm³/mol. The van der Waals surface area contributed by atoms with Gasteiger partial charge in [0.05, 0.1) is 0 Å². The minimum atomic E-state index is -0.488. The van der Waals surface area contributed by atoms with E-state index in [9.17, 15) is 9.59 Å². The van der Waals surface area contributed by atoms with Crippen LogP contribution in [-0.2, 0) is 16.1 Å². The molecule has 1 N–H and O–H groups in total. The van der Waals surface area contributed by atoms with E-state index in [2.05, 4.69) is 5.32 Å². The zero-order valence-corrected chi connectivity index (χ0v) is 15.3. The standard InChI is InChI=1S/C19H27ClN2O2/c1-3-18(23)22(13-15-8-7-9-16(20)12-15)14(2)19(24)21-17-10-5-4-6-11-17/h7-9,12,14,17H,3-6,10-11,13H2,1-2H3,(H,21,24)/t14-/m0/s1. The van der Waals surface area contributed by atoms with Crippen LogP contribution in [0.5, 0.6) is 0 Å². The van der Waals surface area contributed by atoms with Crippen molar-refractivity contribution in [1.29, 1.82) is 0 Å². The molecule has 2 amide bonds. The molecule has 1 aromatic carbocycles. The van der Waals surface area contributed by atoms with E-state index in [-0.39, 0.29) is 17.9 Å². The molecule has 0 aliphatic heterocycles. The highest BCUT2D eigenvalue weighted by Gasteiger charge is 2.27. The summed E-state index contributed by atoms with van der Waals surface area (Å²) in [5.41, 5.74) is 0.932. The van der Waals surface area contributed by atoms with Crippen LogP contribution < -0.4 is 5.32 Å². The van der Waals surface area contributed by atoms with Crippen LogP contribution in [0.1, 0.15) is 57.9 Å². The number of amides is 2. The Balaban J connectivity index is 2.05. The number of nitrogens with zero attached hydrogens (tertiary/aromatic N) is 1. The number of rotatable bonds is 6. The zero-order valence-electron chi connectivity index (χ0n) is 14.6. The van der Waals surface area contributed by atoms with Gasteiger partial charge in [-0.2, -0.15) is 0 Å². The highest BCUT2D eigenvalue weighted by Crippen LogP contribution is 2.19. The fourth-order valence-electron chi connectivity index (χ4n) is 3.19. The average molecular weight is 351 g/mol. The van der Waals surface area contributed by atoms with Crippen molar-refractivity contribution < 1.29 is 9.59 Å². The molecule has 4 nitrogen and oxygen atoms in total. The first-order valence-corrected chi connectivity index (χ1v) is 9.23. The molecule has 1 atom stereocenters. The zero-order chi connectivity index (χ0) is 17.5. The summed E-state index contributed by atoms with van der Waals surface area (Å²) in [4.78, 5) is 26.6. The SMILES string of the molecule is CCC(=O)N(Cc1cccc(Cl)c1)[C@@H](C)C(=O)NC1CCCCC1. The Morgan fingerprint density at radius 1 is 1.29 bits per heavy atom. The van der Waals surface area contributed by atoms with Gasteiger partial charge in [0, 0.05) is 24.0 Å². The Morgan fingerprint density at radius 3 is 2.62 bits per heavy atom. The van der Waals surface area contributed by atoms with E-state index < -0.39 is 6.04 Å². The Labute approximate surface area is 149 Å². The van der Waals surface area contributed by atoms with E-state index in [1.807, 2.05) is 25.1 Å². The third kappa shape index (κ3) is 5.23. The van der Waals surface area contributed by atoms with E-state index in [1.54, 1.807) is 17.9 Å². The topological polar surface area (TPSA) is 49.4 Å². The van der Waals surface area contributed by atoms with Gasteiger partial charge in [0.15, 0.2) is 0 Å². The van der Waals surface area contributed by atoms with E-state index in [1.165, 1.54) is 19.3 Å². The Morgan fingerprint density at radius 2 is 2.00 bits per heavy atom. The van der Waals surface area contributed by atoms with Crippen molar-refractivity contribution in [3.63, 3.8) is 0 Å². The maximum atomic E-state index is 12.6. The van der Waals surface area contributed by atoms with Crippen molar-refractivity contribution in [3.8, 4) is 0 Å². The van der Waals surface area contributed by atoms with Crippen molar-refractivity contribution in [2.24, 2.45) is 0 Å². The van der Waals surface area contributed by atoms with Gasteiger partial charge in [-0.15, -0.1) is 0 Å². The summed E-state index contributed by atoms with van der Waals surface area (Å²) in [7, 11) is 0. The molecule has 2 rings (SSSR count). The molecule has 1 saturated carbocycles. The quantitative estimate of drug-likeness (QED) is 0.845. The normalized spacial score (nSPS) is 16.5. The fourth-order valence-corrected chi connectivity index (χ4v) is 3.40. The first-order valence-electron chi connectivity index (χ1n) is 8.85. The van der Waals surface area contributed by atoms with E-state index in [0.29, 0.717) is 18.0 Å². The molecular formula is C19H27ClN2O2. The molecule has 0 saturated heterocycles. The number of nitrogens with one attached hydrogen (secondary N) is 1. The van der Waals surface area contributed by atoms with Crippen molar-refractivity contribution in [3.05, 3.63) is 34.9 Å². The summed E-state index contributed by atoms with van der Waals surface area (Å²) in [5.74, 6) is -0.0907. The number of hydrogen-bond acceptors (Lipinski definition) is 2. The summed E-state index contributed by atoms with van der Waals surface area (Å²) < 4.78 is 0. The van der Waals surface area contributed by atoms with Gasteiger partial charge < -0.3 is 10.2 Å². The summed E-state index contributed by atoms with van der Waals surface area (Å²) in [6.45, 7) is 4.02. The van der Waals surface area contributed by atoms with Gasteiger partial charge >= 0.3 is 0 Å². The second kappa shape index (κ2) is 9.07. The van der Waals surface area contributed by atoms with Crippen LogP contribution in [-0.4, -0.2) is 28.8 Å². The number of carbonyl (C=O) groups is 2. The molecule has 0 aromatic heterocycles. The van der Waals surface area contributed by atoms with Gasteiger partial charge in [0.2, 0.25) is 11.8 Å². The highest BCUT2D eigenvalue weighted by atomic mass is 35.5. The summed E-state index contributed by atoms with van der Waals surface area (Å²) in [6.07, 6.45) is 6.03. The Hall–Kier alpha value is -1.55. The number of benzene rings is 1. The van der Waals surface area contributed by atoms with Crippen molar-refractivity contribution in [1.82, 2.24) is 10.2 Å². The van der Waals surface area contributed by atoms with Gasteiger partial charge in [-0.1, -0.05) is 49.9 Å². The first kappa shape index (κ1) is 18.8. The molecular weight excluding hydrogens is 324 g/mol. The third-order valence-electron chi connectivity index (χ3n) is 4.66. The predicted octanol–water partition coefficient (Wildman–Crippen LogP) is 3.92. The Bertz CT molecular complexity index is 570. The molecule has 0 heterocycles. The molecule has 0 spiro atoms. The van der Waals surface area contributed by atoms with Crippen LogP contribution in [0.4, 0.5) is 0 Å². The molecule has 132 valence electrons. The maximum Gasteiger partial charge on any atom is 0.242 e. The lowest BCUT2D eigenvalue weighted by Crippen LogP contribution is -2.50. The van der Waals surface area contributed by atoms with E-state index >= 15 is 0 Å². The summed E-state index contributed by atoms with van der Waals surface area (Å²) >= 11 is 6.03. The van der Waals surface area contributed by atoms with Gasteiger partial charge in [-0.25, -0.2) is 0 Å². The molecule has 5 heteroatoms. The van der Waals surface area contributed by atoms with Gasteiger partial charge in [0.1, 0.15) is 6.04 Å². The molecule has 1 aliphatic rings. The Kier molecular flexibility index (Phi) is 7.10. The monoisotopic (exact) mass is 350 g/mol. The van der Waals surface area contributed by atoms with Crippen molar-refractivity contribution >= 4 is 23.4 Å². The third-order valence-corrected chi connectivity index (χ3v) is 4.90. The smallest absolute Gasteiger partial charge is 0.242 e. The van der Waals surface area contributed by atoms with Crippen LogP contribution in [0.3, 0.4) is 0 Å². The number of hydrogen-bond donors (Lipinski definition) is 1. The summed E-state index contributed by atoms with van der Waals surface area (Å²) in [5, 5.41) is 3.75. The van der Waals surface area contributed by atoms with Crippen molar-refractivity contribution in [2.75, 3.05) is 0 Å². The summed E-state index contributed by atoms with van der Waals surface area (Å²) in [6, 6.07) is 7.18. The van der Waals surface area contributed by atoms with Crippen molar-refractivity contribution in [2.45, 2.75) is 71.0 Å². The highest BCUT2D eigenvalue weighted by molar-refractivity contribution is 6.30. The van der Waals surface area contributed by atoms with Gasteiger partial charge in [-0.05, 0) is 37.5 Å². The van der Waals surface area contributed by atoms with Crippen LogP contribution >= 0.6 is 11.6 Å². The molecule has 1 aliphatic carbocycles. The molecule has 0 radical (unpaired) electrons. The second-order valence-electron chi connectivity index (χ2n) is 6.52. The largest absolute Gasteiger partial charge is 0.352 e. The maximum absolute atomic E-state index is 12.6. The second-order valence-corrected chi connectivity index (χ2v) is 6.96. The molecule has 1 aromatic rings. The van der Waals surface area contributed by atoms with Crippen LogP contribution in [0.2, 0.25) is 5.02 Å². The van der Waals surface area contributed by atoms with Gasteiger partial charge in [-0.3, -0.25) is 9.59 Å². The lowest BCUT2D eigenvalue weighted by molar-refractivity contribution is -0.140. The first-order chi connectivity index (χ1) is 11.5. The number of carbonyl (C=O) groups excluding carboxylic acids is 2. The number of halogens is 1. The lowest BCUT2D eigenvalue weighted by atomic mass is 9.95.